The molecule has 5 nitrogen and oxygen atoms in total. The summed E-state index contributed by atoms with van der Waals surface area (Å²) >= 11 is 6.22. The average Bonchev–Trinajstić information content (AvgIpc) is 3.02. The van der Waals surface area contributed by atoms with Crippen LogP contribution in [0.15, 0.2) is 33.5 Å². The van der Waals surface area contributed by atoms with Crippen LogP contribution in [0.4, 0.5) is 0 Å². The molecule has 2 aromatic heterocycles. The van der Waals surface area contributed by atoms with Gasteiger partial charge in [0.15, 0.2) is 5.58 Å². The van der Waals surface area contributed by atoms with Gasteiger partial charge in [-0.2, -0.15) is 0 Å². The Balaban J connectivity index is 2.48. The van der Waals surface area contributed by atoms with Gasteiger partial charge in [0.1, 0.15) is 5.58 Å². The number of hydrogen-bond acceptors (Lipinski definition) is 4. The third kappa shape index (κ3) is 1.63. The fourth-order valence-corrected chi connectivity index (χ4v) is 2.61. The van der Waals surface area contributed by atoms with Crippen molar-refractivity contribution < 1.29 is 18.7 Å². The van der Waals surface area contributed by atoms with E-state index in [9.17, 15) is 9.90 Å². The smallest absolute Gasteiger partial charge is 0.312 e. The first-order valence-electron chi connectivity index (χ1n) is 5.63. The lowest BCUT2D eigenvalue weighted by molar-refractivity contribution is -0.138. The highest BCUT2D eigenvalue weighted by Crippen LogP contribution is 2.40. The summed E-state index contributed by atoms with van der Waals surface area (Å²) in [5, 5.41) is 11.0. The quantitative estimate of drug-likeness (QED) is 0.769. The van der Waals surface area contributed by atoms with Gasteiger partial charge in [0, 0.05) is 22.9 Å². The van der Waals surface area contributed by atoms with Crippen molar-refractivity contribution in [3.8, 4) is 0 Å². The first kappa shape index (κ1) is 12.1. The molecule has 0 aliphatic carbocycles. The molecule has 3 rings (SSSR count). The van der Waals surface area contributed by atoms with Gasteiger partial charge in [-0.15, -0.1) is 0 Å². The molecule has 1 unspecified atom stereocenters. The summed E-state index contributed by atoms with van der Waals surface area (Å²) in [6, 6.07) is 3.35. The maximum Gasteiger partial charge on any atom is 0.312 e. The van der Waals surface area contributed by atoms with Gasteiger partial charge in [-0.1, -0.05) is 11.6 Å². The van der Waals surface area contributed by atoms with Gasteiger partial charge in [0.25, 0.3) is 0 Å². The van der Waals surface area contributed by atoms with Crippen LogP contribution in [0.5, 0.6) is 0 Å². The van der Waals surface area contributed by atoms with E-state index in [-0.39, 0.29) is 6.54 Å². The fourth-order valence-electron chi connectivity index (χ4n) is 2.31. The molecule has 3 N–H and O–H groups in total. The zero-order chi connectivity index (χ0) is 13.6. The lowest BCUT2D eigenvalue weighted by Gasteiger charge is -2.12. The second-order valence-electron chi connectivity index (χ2n) is 4.18. The van der Waals surface area contributed by atoms with Gasteiger partial charge in [-0.3, -0.25) is 4.79 Å². The number of carboxylic acid groups (broad SMARTS) is 1. The highest BCUT2D eigenvalue weighted by molar-refractivity contribution is 6.40. The molecule has 0 amide bonds. The Labute approximate surface area is 112 Å². The van der Waals surface area contributed by atoms with E-state index >= 15 is 0 Å². The van der Waals surface area contributed by atoms with Crippen molar-refractivity contribution in [2.45, 2.75) is 5.92 Å². The molecule has 3 aromatic rings. The molecular weight excluding hydrogens is 270 g/mol. The molecule has 0 saturated carbocycles. The minimum Gasteiger partial charge on any atom is -0.481 e. The highest BCUT2D eigenvalue weighted by Gasteiger charge is 2.27. The molecule has 6 heteroatoms. The van der Waals surface area contributed by atoms with Crippen LogP contribution >= 0.6 is 11.6 Å². The van der Waals surface area contributed by atoms with Crippen LogP contribution in [0, 0.1) is 0 Å². The monoisotopic (exact) mass is 279 g/mol. The van der Waals surface area contributed by atoms with E-state index in [1.165, 1.54) is 12.5 Å². The van der Waals surface area contributed by atoms with Crippen molar-refractivity contribution in [1.82, 2.24) is 0 Å². The normalized spacial score (nSPS) is 13.2. The summed E-state index contributed by atoms with van der Waals surface area (Å²) in [4.78, 5) is 11.4. The Morgan fingerprint density at radius 3 is 2.53 bits per heavy atom. The molecule has 0 fully saturated rings. The van der Waals surface area contributed by atoms with E-state index in [4.69, 9.17) is 26.2 Å². The van der Waals surface area contributed by atoms with Gasteiger partial charge in [-0.05, 0) is 12.1 Å². The van der Waals surface area contributed by atoms with Gasteiger partial charge in [0.2, 0.25) is 0 Å². The van der Waals surface area contributed by atoms with E-state index in [1.54, 1.807) is 12.1 Å². The number of hydrogen-bond donors (Lipinski definition) is 2. The number of nitrogens with two attached hydrogens (primary N) is 1. The predicted molar refractivity (Wildman–Crippen MR) is 70.4 cm³/mol. The van der Waals surface area contributed by atoms with Crippen molar-refractivity contribution in [3.05, 3.63) is 35.2 Å². The summed E-state index contributed by atoms with van der Waals surface area (Å²) < 4.78 is 10.7. The standard InChI is InChI=1S/C13H10ClNO4/c14-10-7-2-4-18-11(7)9(8(5-15)13(16)17)6-1-3-19-12(6)10/h1-4,8H,5,15H2,(H,16,17). The van der Waals surface area contributed by atoms with Crippen LogP contribution in [-0.4, -0.2) is 17.6 Å². The number of carbonyl (C=O) groups is 1. The summed E-state index contributed by atoms with van der Waals surface area (Å²) in [5.41, 5.74) is 6.97. The average molecular weight is 280 g/mol. The van der Waals surface area contributed by atoms with Crippen LogP contribution in [0.2, 0.25) is 5.02 Å². The maximum atomic E-state index is 11.4. The zero-order valence-electron chi connectivity index (χ0n) is 9.72. The SMILES string of the molecule is NCC(C(=O)O)c1c2ccoc2c(Cl)c2ccoc12. The molecule has 0 aliphatic rings. The molecule has 1 atom stereocenters. The van der Waals surface area contributed by atoms with Crippen molar-refractivity contribution in [2.24, 2.45) is 5.73 Å². The lowest BCUT2D eigenvalue weighted by atomic mass is 9.94. The topological polar surface area (TPSA) is 89.6 Å². The molecule has 0 spiro atoms. The Bertz CT molecular complexity index is 722. The van der Waals surface area contributed by atoms with Gasteiger partial charge < -0.3 is 19.7 Å². The second-order valence-corrected chi connectivity index (χ2v) is 4.56. The van der Waals surface area contributed by atoms with Crippen LogP contribution in [0.1, 0.15) is 11.5 Å². The summed E-state index contributed by atoms with van der Waals surface area (Å²) in [7, 11) is 0. The van der Waals surface area contributed by atoms with Crippen molar-refractivity contribution in [2.75, 3.05) is 6.54 Å². The van der Waals surface area contributed by atoms with Gasteiger partial charge in [-0.25, -0.2) is 0 Å². The minimum atomic E-state index is -1.01. The third-order valence-electron chi connectivity index (χ3n) is 3.18. The molecule has 0 radical (unpaired) electrons. The Hall–Kier alpha value is -1.98. The first-order chi connectivity index (χ1) is 9.15. The number of benzene rings is 1. The largest absolute Gasteiger partial charge is 0.481 e. The lowest BCUT2D eigenvalue weighted by Crippen LogP contribution is -2.21. The number of halogens is 1. The molecule has 98 valence electrons. The fraction of sp³-hybridized carbons (Fsp3) is 0.154. The molecular formula is C13H10ClNO4. The van der Waals surface area contributed by atoms with Crippen LogP contribution in [-0.2, 0) is 4.79 Å². The molecule has 0 bridgehead atoms. The van der Waals surface area contributed by atoms with Crippen LogP contribution in [0.25, 0.3) is 21.9 Å². The Kier molecular flexibility index (Phi) is 2.73. The summed E-state index contributed by atoms with van der Waals surface area (Å²) in [5.74, 6) is -1.88. The van der Waals surface area contributed by atoms with E-state index in [1.807, 2.05) is 0 Å². The van der Waals surface area contributed by atoms with Crippen LogP contribution < -0.4 is 5.73 Å². The number of carboxylic acids is 1. The zero-order valence-corrected chi connectivity index (χ0v) is 10.5. The Morgan fingerprint density at radius 1 is 1.26 bits per heavy atom. The number of fused-ring (bicyclic) bond motifs is 2. The van der Waals surface area contributed by atoms with Crippen LogP contribution in [0.3, 0.4) is 0 Å². The van der Waals surface area contributed by atoms with E-state index in [0.29, 0.717) is 32.5 Å². The Morgan fingerprint density at radius 2 is 1.89 bits per heavy atom. The predicted octanol–water partition coefficient (Wildman–Crippen LogP) is 2.96. The second kappa shape index (κ2) is 4.29. The maximum absolute atomic E-state index is 11.4. The van der Waals surface area contributed by atoms with Gasteiger partial charge >= 0.3 is 5.97 Å². The highest BCUT2D eigenvalue weighted by atomic mass is 35.5. The van der Waals surface area contributed by atoms with Crippen molar-refractivity contribution >= 4 is 39.5 Å². The minimum absolute atomic E-state index is 0.0347. The van der Waals surface area contributed by atoms with E-state index < -0.39 is 11.9 Å². The molecule has 1 aromatic carbocycles. The van der Waals surface area contributed by atoms with E-state index in [0.717, 1.165) is 0 Å². The van der Waals surface area contributed by atoms with Gasteiger partial charge in [0.05, 0.1) is 23.5 Å². The molecule has 2 heterocycles. The van der Waals surface area contributed by atoms with Crippen molar-refractivity contribution in [1.29, 1.82) is 0 Å². The molecule has 0 saturated heterocycles. The number of aliphatic carboxylic acids is 1. The number of furan rings is 2. The molecule has 0 aliphatic heterocycles. The summed E-state index contributed by atoms with van der Waals surface area (Å²) in [6.07, 6.45) is 2.93. The number of rotatable bonds is 3. The van der Waals surface area contributed by atoms with E-state index in [2.05, 4.69) is 0 Å². The first-order valence-corrected chi connectivity index (χ1v) is 6.01. The van der Waals surface area contributed by atoms with Crippen molar-refractivity contribution in [3.63, 3.8) is 0 Å². The third-order valence-corrected chi connectivity index (χ3v) is 3.56. The summed E-state index contributed by atoms with van der Waals surface area (Å²) in [6.45, 7) is -0.0347. The molecule has 19 heavy (non-hydrogen) atoms.